The van der Waals surface area contributed by atoms with E-state index in [0.717, 1.165) is 37.6 Å². The molecular formula is C12H23N3S. The summed E-state index contributed by atoms with van der Waals surface area (Å²) in [6.45, 7) is 9.49. The largest absolute Gasteiger partial charge is 0.351 e. The fraction of sp³-hybridized carbons (Fsp3) is 0.750. The van der Waals surface area contributed by atoms with Gasteiger partial charge in [0.1, 0.15) is 0 Å². The maximum Gasteiger partial charge on any atom is 0.185 e. The Morgan fingerprint density at radius 2 is 2.06 bits per heavy atom. The number of aromatic nitrogens is 1. The van der Waals surface area contributed by atoms with Crippen LogP contribution in [0.3, 0.4) is 0 Å². The van der Waals surface area contributed by atoms with Crippen LogP contribution in [0.25, 0.3) is 0 Å². The highest BCUT2D eigenvalue weighted by atomic mass is 32.1. The van der Waals surface area contributed by atoms with Crippen molar-refractivity contribution in [1.29, 1.82) is 0 Å². The second kappa shape index (κ2) is 6.86. The molecule has 1 rings (SSSR count). The smallest absolute Gasteiger partial charge is 0.185 e. The number of thiazole rings is 1. The fourth-order valence-electron chi connectivity index (χ4n) is 1.48. The molecule has 0 aromatic carbocycles. The van der Waals surface area contributed by atoms with Gasteiger partial charge < -0.3 is 10.2 Å². The molecule has 0 saturated carbocycles. The number of rotatable bonds is 7. The van der Waals surface area contributed by atoms with Crippen LogP contribution < -0.4 is 10.2 Å². The van der Waals surface area contributed by atoms with E-state index in [1.807, 2.05) is 11.3 Å². The van der Waals surface area contributed by atoms with Gasteiger partial charge in [-0.05, 0) is 19.9 Å². The summed E-state index contributed by atoms with van der Waals surface area (Å²) in [6, 6.07) is 0. The quantitative estimate of drug-likeness (QED) is 0.795. The molecule has 0 bridgehead atoms. The normalized spacial score (nSPS) is 10.8. The van der Waals surface area contributed by atoms with Gasteiger partial charge in [0.25, 0.3) is 0 Å². The van der Waals surface area contributed by atoms with Crippen molar-refractivity contribution < 1.29 is 0 Å². The molecule has 0 radical (unpaired) electrons. The first-order valence-electron chi connectivity index (χ1n) is 6.13. The van der Waals surface area contributed by atoms with Crippen LogP contribution in [0.1, 0.15) is 37.8 Å². The van der Waals surface area contributed by atoms with Crippen molar-refractivity contribution in [3.63, 3.8) is 0 Å². The van der Waals surface area contributed by atoms with Crippen LogP contribution in [0.15, 0.2) is 0 Å². The Morgan fingerprint density at radius 1 is 1.31 bits per heavy atom. The summed E-state index contributed by atoms with van der Waals surface area (Å²) in [5.74, 6) is 0. The molecule has 0 fully saturated rings. The standard InChI is InChI=1S/C12H23N3S/c1-5-8-10-11(9-13-6-2)16-12(14-10)15(4)7-3/h13H,5-9H2,1-4H3. The Labute approximate surface area is 103 Å². The van der Waals surface area contributed by atoms with Crippen LogP contribution in [0, 0.1) is 0 Å². The van der Waals surface area contributed by atoms with Crippen LogP contribution >= 0.6 is 11.3 Å². The molecule has 0 unspecified atom stereocenters. The van der Waals surface area contributed by atoms with Gasteiger partial charge >= 0.3 is 0 Å². The van der Waals surface area contributed by atoms with Crippen LogP contribution in [-0.2, 0) is 13.0 Å². The molecule has 16 heavy (non-hydrogen) atoms. The van der Waals surface area contributed by atoms with Crippen molar-refractivity contribution in [2.45, 2.75) is 40.2 Å². The Balaban J connectivity index is 2.81. The first-order valence-corrected chi connectivity index (χ1v) is 6.94. The van der Waals surface area contributed by atoms with Gasteiger partial charge in [0.15, 0.2) is 5.13 Å². The van der Waals surface area contributed by atoms with Crippen LogP contribution in [0.4, 0.5) is 5.13 Å². The zero-order valence-electron chi connectivity index (χ0n) is 10.8. The number of hydrogen-bond donors (Lipinski definition) is 1. The van der Waals surface area contributed by atoms with Crippen molar-refractivity contribution in [2.24, 2.45) is 0 Å². The third-order valence-electron chi connectivity index (χ3n) is 2.59. The van der Waals surface area contributed by atoms with Gasteiger partial charge in [-0.25, -0.2) is 4.98 Å². The van der Waals surface area contributed by atoms with Gasteiger partial charge in [-0.15, -0.1) is 11.3 Å². The van der Waals surface area contributed by atoms with Crippen LogP contribution in [-0.4, -0.2) is 25.1 Å². The Kier molecular flexibility index (Phi) is 5.77. The molecule has 0 aliphatic heterocycles. The first kappa shape index (κ1) is 13.5. The Hall–Kier alpha value is -0.610. The number of nitrogens with one attached hydrogen (secondary N) is 1. The summed E-state index contributed by atoms with van der Waals surface area (Å²) in [6.07, 6.45) is 2.26. The molecule has 0 spiro atoms. The summed E-state index contributed by atoms with van der Waals surface area (Å²) in [4.78, 5) is 8.34. The second-order valence-corrected chi connectivity index (χ2v) is 4.97. The molecule has 3 nitrogen and oxygen atoms in total. The molecule has 0 atom stereocenters. The summed E-state index contributed by atoms with van der Waals surface area (Å²) in [5, 5.41) is 4.54. The van der Waals surface area contributed by atoms with E-state index < -0.39 is 0 Å². The van der Waals surface area contributed by atoms with Gasteiger partial charge in [-0.1, -0.05) is 20.3 Å². The molecule has 1 N–H and O–H groups in total. The third-order valence-corrected chi connectivity index (χ3v) is 3.80. The molecule has 0 amide bonds. The van der Waals surface area contributed by atoms with Gasteiger partial charge in [0.05, 0.1) is 5.69 Å². The minimum absolute atomic E-state index is 0.959. The molecule has 92 valence electrons. The molecule has 1 aromatic rings. The first-order chi connectivity index (χ1) is 7.72. The average molecular weight is 241 g/mol. The summed E-state index contributed by atoms with van der Waals surface area (Å²) >= 11 is 1.82. The van der Waals surface area contributed by atoms with E-state index >= 15 is 0 Å². The van der Waals surface area contributed by atoms with E-state index in [2.05, 4.69) is 38.0 Å². The van der Waals surface area contributed by atoms with E-state index in [-0.39, 0.29) is 0 Å². The summed E-state index contributed by atoms with van der Waals surface area (Å²) in [7, 11) is 2.10. The molecule has 1 heterocycles. The summed E-state index contributed by atoms with van der Waals surface area (Å²) in [5.41, 5.74) is 1.28. The SMILES string of the molecule is CCCc1nc(N(C)CC)sc1CNCC. The van der Waals surface area contributed by atoms with E-state index in [1.54, 1.807) is 0 Å². The Bertz CT molecular complexity index is 309. The van der Waals surface area contributed by atoms with Gasteiger partial charge in [-0.3, -0.25) is 0 Å². The molecule has 0 aliphatic carbocycles. The maximum atomic E-state index is 4.73. The summed E-state index contributed by atoms with van der Waals surface area (Å²) < 4.78 is 0. The van der Waals surface area contributed by atoms with Crippen molar-refractivity contribution in [1.82, 2.24) is 10.3 Å². The van der Waals surface area contributed by atoms with Crippen molar-refractivity contribution in [3.8, 4) is 0 Å². The lowest BCUT2D eigenvalue weighted by atomic mass is 10.2. The number of hydrogen-bond acceptors (Lipinski definition) is 4. The van der Waals surface area contributed by atoms with E-state index in [1.165, 1.54) is 10.6 Å². The second-order valence-electron chi connectivity index (χ2n) is 3.91. The molecule has 4 heteroatoms. The zero-order chi connectivity index (χ0) is 12.0. The molecule has 1 aromatic heterocycles. The zero-order valence-corrected chi connectivity index (χ0v) is 11.7. The fourth-order valence-corrected chi connectivity index (χ4v) is 2.58. The average Bonchev–Trinajstić information content (AvgIpc) is 2.69. The lowest BCUT2D eigenvalue weighted by molar-refractivity contribution is 0.723. The molecule has 0 aliphatic rings. The molecule has 0 saturated heterocycles. The third kappa shape index (κ3) is 3.46. The molecular weight excluding hydrogens is 218 g/mol. The number of nitrogens with zero attached hydrogens (tertiary/aromatic N) is 2. The highest BCUT2D eigenvalue weighted by Crippen LogP contribution is 2.26. The number of anilines is 1. The Morgan fingerprint density at radius 3 is 2.62 bits per heavy atom. The maximum absolute atomic E-state index is 4.73. The van der Waals surface area contributed by atoms with E-state index in [4.69, 9.17) is 4.98 Å². The van der Waals surface area contributed by atoms with Crippen molar-refractivity contribution in [2.75, 3.05) is 25.0 Å². The predicted octanol–water partition coefficient (Wildman–Crippen LogP) is 2.66. The van der Waals surface area contributed by atoms with Crippen LogP contribution in [0.5, 0.6) is 0 Å². The minimum Gasteiger partial charge on any atom is -0.351 e. The number of aryl methyl sites for hydroxylation is 1. The van der Waals surface area contributed by atoms with Gasteiger partial charge in [0, 0.05) is 25.0 Å². The van der Waals surface area contributed by atoms with Gasteiger partial charge in [0.2, 0.25) is 0 Å². The van der Waals surface area contributed by atoms with Gasteiger partial charge in [-0.2, -0.15) is 0 Å². The lowest BCUT2D eigenvalue weighted by Crippen LogP contribution is -2.15. The highest BCUT2D eigenvalue weighted by molar-refractivity contribution is 7.15. The monoisotopic (exact) mass is 241 g/mol. The minimum atomic E-state index is 0.959. The van der Waals surface area contributed by atoms with Crippen molar-refractivity contribution >= 4 is 16.5 Å². The predicted molar refractivity (Wildman–Crippen MR) is 72.4 cm³/mol. The lowest BCUT2D eigenvalue weighted by Gasteiger charge is -2.11. The van der Waals surface area contributed by atoms with Crippen LogP contribution in [0.2, 0.25) is 0 Å². The topological polar surface area (TPSA) is 28.2 Å². The van der Waals surface area contributed by atoms with Crippen molar-refractivity contribution in [3.05, 3.63) is 10.6 Å². The van der Waals surface area contributed by atoms with E-state index in [0.29, 0.717) is 0 Å². The van der Waals surface area contributed by atoms with E-state index in [9.17, 15) is 0 Å². The highest BCUT2D eigenvalue weighted by Gasteiger charge is 2.12.